The molecule has 0 bridgehead atoms. The molecule has 2 aliphatic heterocycles. The molecule has 2 heterocycles. The van der Waals surface area contributed by atoms with Crippen molar-refractivity contribution in [2.45, 2.75) is 33.6 Å². The van der Waals surface area contributed by atoms with Gasteiger partial charge in [0.25, 0.3) is 11.8 Å². The Morgan fingerprint density at radius 1 is 1.06 bits per heavy atom. The predicted octanol–water partition coefficient (Wildman–Crippen LogP) is 4.98. The largest absolute Gasteiger partial charge is 0.495 e. The van der Waals surface area contributed by atoms with Crippen LogP contribution in [0, 0.1) is 19.8 Å². The summed E-state index contributed by atoms with van der Waals surface area (Å²) in [6.45, 7) is 7.69. The smallest absolute Gasteiger partial charge is 0.282 e. The number of likely N-dealkylation sites (tertiary alicyclic amines) is 1. The maximum absolute atomic E-state index is 13.8. The molecule has 1 atom stereocenters. The van der Waals surface area contributed by atoms with Gasteiger partial charge in [0.05, 0.1) is 18.4 Å². The molecule has 1 unspecified atom stereocenters. The quantitative estimate of drug-likeness (QED) is 0.631. The van der Waals surface area contributed by atoms with E-state index in [9.17, 15) is 9.59 Å². The highest BCUT2D eigenvalue weighted by molar-refractivity contribution is 6.46. The fourth-order valence-electron chi connectivity index (χ4n) is 4.60. The van der Waals surface area contributed by atoms with E-state index in [0.29, 0.717) is 33.6 Å². The van der Waals surface area contributed by atoms with E-state index in [4.69, 9.17) is 16.3 Å². The Balaban J connectivity index is 1.90. The zero-order valence-corrected chi connectivity index (χ0v) is 19.1. The van der Waals surface area contributed by atoms with Crippen LogP contribution < -0.4 is 9.64 Å². The summed E-state index contributed by atoms with van der Waals surface area (Å²) in [5, 5.41) is 0.435. The lowest BCUT2D eigenvalue weighted by molar-refractivity contribution is -0.120. The van der Waals surface area contributed by atoms with E-state index in [2.05, 4.69) is 11.8 Å². The topological polar surface area (TPSA) is 49.9 Å². The Hall–Kier alpha value is -2.79. The number of hydrogen-bond acceptors (Lipinski definition) is 4. The van der Waals surface area contributed by atoms with Crippen LogP contribution in [0.25, 0.3) is 5.57 Å². The molecule has 0 spiro atoms. The third-order valence-corrected chi connectivity index (χ3v) is 6.30. The Kier molecular flexibility index (Phi) is 5.80. The lowest BCUT2D eigenvalue weighted by atomic mass is 9.95. The first-order valence-electron chi connectivity index (χ1n) is 10.6. The summed E-state index contributed by atoms with van der Waals surface area (Å²) in [6.07, 6.45) is 2.11. The second-order valence-electron chi connectivity index (χ2n) is 8.50. The molecule has 1 fully saturated rings. The van der Waals surface area contributed by atoms with E-state index < -0.39 is 0 Å². The number of amides is 2. The summed E-state index contributed by atoms with van der Waals surface area (Å²) >= 11 is 6.22. The number of rotatable bonds is 4. The van der Waals surface area contributed by atoms with Crippen molar-refractivity contribution in [3.8, 4) is 5.75 Å². The molecule has 5 nitrogen and oxygen atoms in total. The summed E-state index contributed by atoms with van der Waals surface area (Å²) < 4.78 is 5.45. The highest BCUT2D eigenvalue weighted by atomic mass is 35.5. The van der Waals surface area contributed by atoms with Gasteiger partial charge in [-0.2, -0.15) is 0 Å². The van der Waals surface area contributed by atoms with Gasteiger partial charge in [0.15, 0.2) is 0 Å². The van der Waals surface area contributed by atoms with Gasteiger partial charge in [-0.15, -0.1) is 0 Å². The maximum Gasteiger partial charge on any atom is 0.282 e. The zero-order valence-electron chi connectivity index (χ0n) is 18.4. The average Bonchev–Trinajstić information content (AvgIpc) is 2.98. The van der Waals surface area contributed by atoms with Gasteiger partial charge < -0.3 is 9.64 Å². The van der Waals surface area contributed by atoms with Crippen LogP contribution in [-0.2, 0) is 9.59 Å². The Labute approximate surface area is 188 Å². The fourth-order valence-corrected chi connectivity index (χ4v) is 4.76. The molecule has 2 aromatic carbocycles. The number of hydrogen-bond donors (Lipinski definition) is 0. The molecular weight excluding hydrogens is 412 g/mol. The molecule has 2 amide bonds. The highest BCUT2D eigenvalue weighted by Gasteiger charge is 2.44. The van der Waals surface area contributed by atoms with Crippen LogP contribution in [0.2, 0.25) is 5.02 Å². The Bertz CT molecular complexity index is 1090. The fraction of sp³-hybridized carbons (Fsp3) is 0.360. The van der Waals surface area contributed by atoms with Gasteiger partial charge in [-0.25, -0.2) is 4.90 Å². The van der Waals surface area contributed by atoms with Crippen LogP contribution in [0.1, 0.15) is 36.5 Å². The lowest BCUT2D eigenvalue weighted by Crippen LogP contribution is -2.39. The minimum atomic E-state index is -0.342. The molecule has 0 radical (unpaired) electrons. The van der Waals surface area contributed by atoms with Crippen LogP contribution in [0.15, 0.2) is 42.1 Å². The average molecular weight is 439 g/mol. The molecule has 1 saturated heterocycles. The number of carbonyl (C=O) groups excluding carboxylic acids is 2. The molecule has 2 aromatic rings. The molecule has 0 N–H and O–H groups in total. The molecule has 31 heavy (non-hydrogen) atoms. The summed E-state index contributed by atoms with van der Waals surface area (Å²) in [4.78, 5) is 30.9. The predicted molar refractivity (Wildman–Crippen MR) is 123 cm³/mol. The molecule has 162 valence electrons. The van der Waals surface area contributed by atoms with Gasteiger partial charge in [0.2, 0.25) is 0 Å². The van der Waals surface area contributed by atoms with Crippen molar-refractivity contribution >= 4 is 34.7 Å². The van der Waals surface area contributed by atoms with Gasteiger partial charge >= 0.3 is 0 Å². The third kappa shape index (κ3) is 3.83. The number of carbonyl (C=O) groups is 2. The number of nitrogens with zero attached hydrogens (tertiary/aromatic N) is 2. The second-order valence-corrected chi connectivity index (χ2v) is 8.93. The van der Waals surface area contributed by atoms with Gasteiger partial charge in [0.1, 0.15) is 11.4 Å². The van der Waals surface area contributed by atoms with Gasteiger partial charge in [-0.1, -0.05) is 42.3 Å². The van der Waals surface area contributed by atoms with Crippen molar-refractivity contribution in [3.05, 3.63) is 63.8 Å². The number of halogens is 1. The van der Waals surface area contributed by atoms with E-state index in [0.717, 1.165) is 42.6 Å². The van der Waals surface area contributed by atoms with E-state index in [-0.39, 0.29) is 11.8 Å². The Morgan fingerprint density at radius 2 is 1.84 bits per heavy atom. The number of benzene rings is 2. The minimum Gasteiger partial charge on any atom is -0.495 e. The van der Waals surface area contributed by atoms with Gasteiger partial charge in [-0.05, 0) is 61.9 Å². The number of anilines is 1. The maximum atomic E-state index is 13.8. The SMILES string of the molecule is COc1ccc(Cl)cc1N1C(=O)C(c2ccc(C)cc2C)=C(N2CCCC(C)C2)C1=O. The van der Waals surface area contributed by atoms with Crippen molar-refractivity contribution in [2.24, 2.45) is 5.92 Å². The van der Waals surface area contributed by atoms with Crippen LogP contribution in [0.3, 0.4) is 0 Å². The monoisotopic (exact) mass is 438 g/mol. The third-order valence-electron chi connectivity index (χ3n) is 6.07. The van der Waals surface area contributed by atoms with Crippen LogP contribution in [0.4, 0.5) is 5.69 Å². The first-order chi connectivity index (χ1) is 14.8. The number of imide groups is 1. The summed E-state index contributed by atoms with van der Waals surface area (Å²) in [7, 11) is 1.52. The minimum absolute atomic E-state index is 0.324. The van der Waals surface area contributed by atoms with Crippen molar-refractivity contribution < 1.29 is 14.3 Å². The van der Waals surface area contributed by atoms with Crippen molar-refractivity contribution in [1.29, 1.82) is 0 Å². The number of methoxy groups -OCH3 is 1. The van der Waals surface area contributed by atoms with Crippen LogP contribution in [0.5, 0.6) is 5.75 Å². The first-order valence-corrected chi connectivity index (χ1v) is 11.0. The molecule has 6 heteroatoms. The molecule has 0 aliphatic carbocycles. The summed E-state index contributed by atoms with van der Waals surface area (Å²) in [5.41, 5.74) is 4.18. The van der Waals surface area contributed by atoms with E-state index in [1.807, 2.05) is 32.0 Å². The van der Waals surface area contributed by atoms with Crippen LogP contribution >= 0.6 is 11.6 Å². The second kappa shape index (κ2) is 8.39. The number of ether oxygens (including phenoxy) is 1. The highest BCUT2D eigenvalue weighted by Crippen LogP contribution is 2.41. The lowest BCUT2D eigenvalue weighted by Gasteiger charge is -2.33. The summed E-state index contributed by atoms with van der Waals surface area (Å²) in [6, 6.07) is 10.9. The van der Waals surface area contributed by atoms with Gasteiger partial charge in [-0.3, -0.25) is 9.59 Å². The zero-order chi connectivity index (χ0) is 22.3. The molecular formula is C25H27ClN2O3. The number of piperidine rings is 1. The molecule has 0 saturated carbocycles. The van der Waals surface area contributed by atoms with E-state index >= 15 is 0 Å². The van der Waals surface area contributed by atoms with E-state index in [1.165, 1.54) is 12.0 Å². The number of aryl methyl sites for hydroxylation is 2. The van der Waals surface area contributed by atoms with Crippen molar-refractivity contribution in [1.82, 2.24) is 4.90 Å². The van der Waals surface area contributed by atoms with Crippen LogP contribution in [-0.4, -0.2) is 36.9 Å². The van der Waals surface area contributed by atoms with Crippen molar-refractivity contribution in [2.75, 3.05) is 25.1 Å². The van der Waals surface area contributed by atoms with E-state index in [1.54, 1.807) is 18.2 Å². The van der Waals surface area contributed by atoms with Gasteiger partial charge in [0, 0.05) is 18.1 Å². The normalized spacial score (nSPS) is 19.5. The molecule has 2 aliphatic rings. The first kappa shape index (κ1) is 21.4. The molecule has 4 rings (SSSR count). The molecule has 0 aromatic heterocycles. The summed E-state index contributed by atoms with van der Waals surface area (Å²) in [5.74, 6) is 0.221. The van der Waals surface area contributed by atoms with Crippen molar-refractivity contribution in [3.63, 3.8) is 0 Å². The standard InChI is InChI=1S/C25H27ClN2O3/c1-15-7-9-19(17(3)12-15)22-23(27-11-5-6-16(2)14-27)25(30)28(24(22)29)20-13-18(26)8-10-21(20)31-4/h7-10,12-13,16H,5-6,11,14H2,1-4H3. The Morgan fingerprint density at radius 3 is 2.52 bits per heavy atom.